The van der Waals surface area contributed by atoms with Crippen LogP contribution in [0, 0.1) is 13.8 Å². The number of aryl methyl sites for hydroxylation is 2. The lowest BCUT2D eigenvalue weighted by Crippen LogP contribution is -2.18. The first-order valence-electron chi connectivity index (χ1n) is 7.98. The fourth-order valence-corrected chi connectivity index (χ4v) is 3.65. The Morgan fingerprint density at radius 3 is 2.19 bits per heavy atom. The Morgan fingerprint density at radius 2 is 1.69 bits per heavy atom. The van der Waals surface area contributed by atoms with Gasteiger partial charge in [-0.3, -0.25) is 4.79 Å². The van der Waals surface area contributed by atoms with E-state index in [0.717, 1.165) is 22.1 Å². The van der Waals surface area contributed by atoms with E-state index in [1.165, 1.54) is 30.9 Å². The molecule has 0 saturated heterocycles. The molecule has 0 fully saturated rings. The molecule has 0 bridgehead atoms. The molecular weight excluding hydrogens is 372 g/mol. The monoisotopic (exact) mass is 394 g/mol. The van der Waals surface area contributed by atoms with Crippen LogP contribution in [0.5, 0.6) is 0 Å². The molecule has 2 N–H and O–H groups in total. The molecule has 0 aliphatic heterocycles. The Hall–Kier alpha value is -1.97. The number of hydrogen-bond donors (Lipinski definition) is 2. The maximum Gasteiger partial charge on any atom is 0.240 e. The van der Waals surface area contributed by atoms with Crippen LogP contribution in [0.15, 0.2) is 34.3 Å². The highest BCUT2D eigenvalue weighted by Crippen LogP contribution is 2.18. The topological polar surface area (TPSA) is 101 Å². The third-order valence-electron chi connectivity index (χ3n) is 3.90. The first-order chi connectivity index (χ1) is 12.3. The Labute approximate surface area is 158 Å². The van der Waals surface area contributed by atoms with Crippen molar-refractivity contribution in [3.8, 4) is 0 Å². The standard InChI is InChI=1S/C17H22N4O3S2/c1-11-15(12(2)20-17(19-11)25-4)9-10-16(22)21-13-5-7-14(8-6-13)26(23,24)18-3/h5-8,18H,9-10H2,1-4H3,(H,21,22). The fourth-order valence-electron chi connectivity index (χ4n) is 2.46. The van der Waals surface area contributed by atoms with Gasteiger partial charge in [-0.05, 0) is 63.4 Å². The summed E-state index contributed by atoms with van der Waals surface area (Å²) >= 11 is 1.49. The van der Waals surface area contributed by atoms with Gasteiger partial charge in [-0.2, -0.15) is 0 Å². The van der Waals surface area contributed by atoms with Crippen molar-refractivity contribution in [3.05, 3.63) is 41.2 Å². The summed E-state index contributed by atoms with van der Waals surface area (Å²) < 4.78 is 25.6. The van der Waals surface area contributed by atoms with Crippen LogP contribution in [0.25, 0.3) is 0 Å². The molecular formula is C17H22N4O3S2. The van der Waals surface area contributed by atoms with E-state index >= 15 is 0 Å². The minimum absolute atomic E-state index is 0.148. The van der Waals surface area contributed by atoms with Gasteiger partial charge in [0.05, 0.1) is 4.90 Å². The Morgan fingerprint density at radius 1 is 1.12 bits per heavy atom. The van der Waals surface area contributed by atoms with Crippen molar-refractivity contribution >= 4 is 33.4 Å². The van der Waals surface area contributed by atoms with E-state index in [9.17, 15) is 13.2 Å². The molecule has 1 aromatic heterocycles. The van der Waals surface area contributed by atoms with E-state index in [2.05, 4.69) is 20.0 Å². The zero-order valence-corrected chi connectivity index (χ0v) is 16.8. The predicted molar refractivity (Wildman–Crippen MR) is 103 cm³/mol. The van der Waals surface area contributed by atoms with Crippen LogP contribution in [0.4, 0.5) is 5.69 Å². The highest BCUT2D eigenvalue weighted by molar-refractivity contribution is 7.98. The molecule has 0 saturated carbocycles. The van der Waals surface area contributed by atoms with E-state index in [4.69, 9.17) is 0 Å². The number of amides is 1. The van der Waals surface area contributed by atoms with Crippen molar-refractivity contribution in [3.63, 3.8) is 0 Å². The minimum Gasteiger partial charge on any atom is -0.326 e. The van der Waals surface area contributed by atoms with Gasteiger partial charge >= 0.3 is 0 Å². The molecule has 0 atom stereocenters. The normalized spacial score (nSPS) is 11.4. The third-order valence-corrected chi connectivity index (χ3v) is 5.88. The van der Waals surface area contributed by atoms with Gasteiger partial charge in [0.25, 0.3) is 0 Å². The molecule has 0 unspecified atom stereocenters. The molecule has 1 amide bonds. The molecule has 9 heteroatoms. The Kier molecular flexibility index (Phi) is 6.74. The SMILES string of the molecule is CNS(=O)(=O)c1ccc(NC(=O)CCc2c(C)nc(SC)nc2C)cc1. The summed E-state index contributed by atoms with van der Waals surface area (Å²) in [5, 5.41) is 3.50. The maximum absolute atomic E-state index is 12.2. The van der Waals surface area contributed by atoms with Gasteiger partial charge in [-0.15, -0.1) is 0 Å². The highest BCUT2D eigenvalue weighted by atomic mass is 32.2. The molecule has 140 valence electrons. The number of nitrogens with zero attached hydrogens (tertiary/aromatic N) is 2. The quantitative estimate of drug-likeness (QED) is 0.552. The largest absolute Gasteiger partial charge is 0.326 e. The summed E-state index contributed by atoms with van der Waals surface area (Å²) in [4.78, 5) is 21.2. The van der Waals surface area contributed by atoms with E-state index in [1.807, 2.05) is 20.1 Å². The van der Waals surface area contributed by atoms with Crippen LogP contribution in [0.1, 0.15) is 23.4 Å². The Balaban J connectivity index is 2.00. The zero-order chi connectivity index (χ0) is 19.3. The maximum atomic E-state index is 12.2. The lowest BCUT2D eigenvalue weighted by atomic mass is 10.1. The van der Waals surface area contributed by atoms with Crippen molar-refractivity contribution < 1.29 is 13.2 Å². The van der Waals surface area contributed by atoms with Crippen LogP contribution in [-0.2, 0) is 21.2 Å². The van der Waals surface area contributed by atoms with Crippen LogP contribution in [0.3, 0.4) is 0 Å². The van der Waals surface area contributed by atoms with Gasteiger partial charge < -0.3 is 5.32 Å². The van der Waals surface area contributed by atoms with Crippen LogP contribution < -0.4 is 10.0 Å². The van der Waals surface area contributed by atoms with Gasteiger partial charge in [0.15, 0.2) is 5.16 Å². The predicted octanol–water partition coefficient (Wildman–Crippen LogP) is 2.29. The molecule has 0 aliphatic rings. The lowest BCUT2D eigenvalue weighted by Gasteiger charge is -2.10. The van der Waals surface area contributed by atoms with Gasteiger partial charge in [-0.1, -0.05) is 11.8 Å². The smallest absolute Gasteiger partial charge is 0.240 e. The van der Waals surface area contributed by atoms with E-state index in [0.29, 0.717) is 18.5 Å². The minimum atomic E-state index is -3.48. The Bertz CT molecular complexity index is 874. The molecule has 1 aromatic carbocycles. The summed E-state index contributed by atoms with van der Waals surface area (Å²) in [6, 6.07) is 6.03. The molecule has 0 spiro atoms. The lowest BCUT2D eigenvalue weighted by molar-refractivity contribution is -0.116. The van der Waals surface area contributed by atoms with Crippen molar-refractivity contribution in [2.45, 2.75) is 36.7 Å². The van der Waals surface area contributed by atoms with Crippen molar-refractivity contribution in [2.24, 2.45) is 0 Å². The number of aromatic nitrogens is 2. The van der Waals surface area contributed by atoms with Crippen LogP contribution in [0.2, 0.25) is 0 Å². The average Bonchev–Trinajstić information content (AvgIpc) is 2.61. The van der Waals surface area contributed by atoms with E-state index in [1.54, 1.807) is 12.1 Å². The van der Waals surface area contributed by atoms with Gasteiger partial charge in [0, 0.05) is 23.5 Å². The number of sulfonamides is 1. The van der Waals surface area contributed by atoms with Gasteiger partial charge in [0.1, 0.15) is 0 Å². The number of anilines is 1. The second-order valence-corrected chi connectivity index (χ2v) is 8.30. The summed E-state index contributed by atoms with van der Waals surface area (Å²) in [7, 11) is -2.13. The second kappa shape index (κ2) is 8.61. The number of thioether (sulfide) groups is 1. The summed E-state index contributed by atoms with van der Waals surface area (Å²) in [6.07, 6.45) is 2.76. The summed E-state index contributed by atoms with van der Waals surface area (Å²) in [5.74, 6) is -0.151. The number of carbonyl (C=O) groups is 1. The molecule has 0 aliphatic carbocycles. The summed E-state index contributed by atoms with van der Waals surface area (Å²) in [6.45, 7) is 3.84. The van der Waals surface area contributed by atoms with Crippen molar-refractivity contribution in [1.82, 2.24) is 14.7 Å². The second-order valence-electron chi connectivity index (χ2n) is 5.64. The first-order valence-corrected chi connectivity index (χ1v) is 10.7. The zero-order valence-electron chi connectivity index (χ0n) is 15.2. The van der Waals surface area contributed by atoms with E-state index < -0.39 is 10.0 Å². The fraction of sp³-hybridized carbons (Fsp3) is 0.353. The van der Waals surface area contributed by atoms with Crippen LogP contribution in [-0.4, -0.2) is 37.6 Å². The molecule has 26 heavy (non-hydrogen) atoms. The number of benzene rings is 1. The highest BCUT2D eigenvalue weighted by Gasteiger charge is 2.13. The number of carbonyl (C=O) groups excluding carboxylic acids is 1. The average molecular weight is 395 g/mol. The van der Waals surface area contributed by atoms with E-state index in [-0.39, 0.29) is 10.8 Å². The molecule has 2 aromatic rings. The summed E-state index contributed by atoms with van der Waals surface area (Å²) in [5.41, 5.74) is 3.30. The van der Waals surface area contributed by atoms with Gasteiger partial charge in [-0.25, -0.2) is 23.1 Å². The third kappa shape index (κ3) is 5.03. The first kappa shape index (κ1) is 20.3. The molecule has 1 heterocycles. The van der Waals surface area contributed by atoms with Crippen molar-refractivity contribution in [2.75, 3.05) is 18.6 Å². The number of rotatable bonds is 7. The number of nitrogens with one attached hydrogen (secondary N) is 2. The van der Waals surface area contributed by atoms with Gasteiger partial charge in [0.2, 0.25) is 15.9 Å². The molecule has 2 rings (SSSR count). The van der Waals surface area contributed by atoms with Crippen molar-refractivity contribution in [1.29, 1.82) is 0 Å². The van der Waals surface area contributed by atoms with Crippen LogP contribution >= 0.6 is 11.8 Å². The number of hydrogen-bond acceptors (Lipinski definition) is 6. The molecule has 0 radical (unpaired) electrons. The molecule has 7 nitrogen and oxygen atoms in total.